The highest BCUT2D eigenvalue weighted by molar-refractivity contribution is 5.52. The minimum atomic E-state index is 0.601. The Morgan fingerprint density at radius 3 is 2.46 bits per heavy atom. The molecule has 0 bridgehead atoms. The molecule has 0 unspecified atom stereocenters. The lowest BCUT2D eigenvalue weighted by atomic mass is 10.2. The summed E-state index contributed by atoms with van der Waals surface area (Å²) in [6.45, 7) is 4.24. The van der Waals surface area contributed by atoms with E-state index in [2.05, 4.69) is 34.9 Å². The van der Waals surface area contributed by atoms with Crippen LogP contribution in [0.5, 0.6) is 0 Å². The zero-order valence-electron chi connectivity index (χ0n) is 13.1. The molecule has 0 atom stereocenters. The van der Waals surface area contributed by atoms with E-state index in [0.29, 0.717) is 18.3 Å². The zero-order chi connectivity index (χ0) is 16.2. The van der Waals surface area contributed by atoms with Crippen LogP contribution in [-0.2, 0) is 6.54 Å². The molecular formula is C16H17N7O. The number of hydrogen-bond donors (Lipinski definition) is 0. The molecule has 3 aromatic rings. The van der Waals surface area contributed by atoms with E-state index in [9.17, 15) is 0 Å². The Morgan fingerprint density at radius 1 is 0.958 bits per heavy atom. The monoisotopic (exact) mass is 323 g/mol. The van der Waals surface area contributed by atoms with Crippen LogP contribution >= 0.6 is 0 Å². The molecule has 1 saturated heterocycles. The number of anilines is 1. The van der Waals surface area contributed by atoms with Crippen LogP contribution in [0.4, 0.5) is 5.95 Å². The number of hydrogen-bond acceptors (Lipinski definition) is 8. The fourth-order valence-electron chi connectivity index (χ4n) is 2.69. The summed E-state index contributed by atoms with van der Waals surface area (Å²) in [7, 11) is 0. The quantitative estimate of drug-likeness (QED) is 0.709. The van der Waals surface area contributed by atoms with E-state index in [4.69, 9.17) is 4.52 Å². The molecule has 122 valence electrons. The Kier molecular flexibility index (Phi) is 4.11. The van der Waals surface area contributed by atoms with E-state index in [1.807, 2.05) is 18.2 Å². The molecule has 0 aliphatic carbocycles. The van der Waals surface area contributed by atoms with Crippen LogP contribution in [0.15, 0.2) is 47.5 Å². The molecule has 0 saturated carbocycles. The van der Waals surface area contributed by atoms with Gasteiger partial charge in [0.1, 0.15) is 0 Å². The van der Waals surface area contributed by atoms with Crippen molar-refractivity contribution in [2.45, 2.75) is 6.54 Å². The average molecular weight is 323 g/mol. The standard InChI is InChI=1S/C16H17N7O/c1-4-18-16(19-5-1)23-10-8-22(9-11-23)12-14-20-15(21-24-14)13-2-6-17-7-3-13/h1-7H,8-12H2. The van der Waals surface area contributed by atoms with Crippen molar-refractivity contribution in [1.29, 1.82) is 0 Å². The van der Waals surface area contributed by atoms with Crippen molar-refractivity contribution in [3.05, 3.63) is 48.9 Å². The molecule has 0 N–H and O–H groups in total. The van der Waals surface area contributed by atoms with Crippen molar-refractivity contribution in [1.82, 2.24) is 30.0 Å². The molecule has 0 amide bonds. The molecule has 0 spiro atoms. The first-order valence-corrected chi connectivity index (χ1v) is 7.86. The minimum Gasteiger partial charge on any atom is -0.338 e. The van der Waals surface area contributed by atoms with Gasteiger partial charge in [0, 0.05) is 56.5 Å². The maximum Gasteiger partial charge on any atom is 0.241 e. The lowest BCUT2D eigenvalue weighted by Crippen LogP contribution is -2.46. The Balaban J connectivity index is 1.35. The SMILES string of the molecule is c1cnc(N2CCN(Cc3nc(-c4ccncc4)no3)CC2)nc1. The van der Waals surface area contributed by atoms with Gasteiger partial charge >= 0.3 is 0 Å². The van der Waals surface area contributed by atoms with Gasteiger partial charge in [-0.2, -0.15) is 4.98 Å². The fraction of sp³-hybridized carbons (Fsp3) is 0.312. The van der Waals surface area contributed by atoms with Gasteiger partial charge in [-0.15, -0.1) is 0 Å². The van der Waals surface area contributed by atoms with E-state index < -0.39 is 0 Å². The smallest absolute Gasteiger partial charge is 0.241 e. The van der Waals surface area contributed by atoms with Crippen LogP contribution in [0.25, 0.3) is 11.4 Å². The van der Waals surface area contributed by atoms with Crippen LogP contribution in [0.1, 0.15) is 5.89 Å². The van der Waals surface area contributed by atoms with Crippen molar-refractivity contribution in [3.8, 4) is 11.4 Å². The van der Waals surface area contributed by atoms with Gasteiger partial charge < -0.3 is 9.42 Å². The van der Waals surface area contributed by atoms with Crippen molar-refractivity contribution >= 4 is 5.95 Å². The number of pyridine rings is 1. The molecule has 24 heavy (non-hydrogen) atoms. The maximum atomic E-state index is 5.37. The topological polar surface area (TPSA) is 84.1 Å². The van der Waals surface area contributed by atoms with Crippen LogP contribution in [0, 0.1) is 0 Å². The summed E-state index contributed by atoms with van der Waals surface area (Å²) in [5, 5.41) is 4.04. The molecular weight excluding hydrogens is 306 g/mol. The number of aromatic nitrogens is 5. The van der Waals surface area contributed by atoms with Crippen LogP contribution in [0.2, 0.25) is 0 Å². The van der Waals surface area contributed by atoms with E-state index in [0.717, 1.165) is 37.7 Å². The van der Waals surface area contributed by atoms with Gasteiger partial charge in [0.25, 0.3) is 0 Å². The van der Waals surface area contributed by atoms with Gasteiger partial charge in [-0.25, -0.2) is 9.97 Å². The first-order chi connectivity index (χ1) is 11.9. The molecule has 4 rings (SSSR count). The lowest BCUT2D eigenvalue weighted by Gasteiger charge is -2.33. The van der Waals surface area contributed by atoms with Gasteiger partial charge in [-0.1, -0.05) is 5.16 Å². The Labute approximate surface area is 139 Å². The van der Waals surface area contributed by atoms with Crippen molar-refractivity contribution in [3.63, 3.8) is 0 Å². The number of rotatable bonds is 4. The molecule has 8 nitrogen and oxygen atoms in total. The zero-order valence-corrected chi connectivity index (χ0v) is 13.1. The van der Waals surface area contributed by atoms with Crippen molar-refractivity contribution < 1.29 is 4.52 Å². The highest BCUT2D eigenvalue weighted by Crippen LogP contribution is 2.16. The largest absolute Gasteiger partial charge is 0.338 e. The predicted octanol–water partition coefficient (Wildman–Crippen LogP) is 1.24. The number of nitrogens with zero attached hydrogens (tertiary/aromatic N) is 7. The van der Waals surface area contributed by atoms with E-state index >= 15 is 0 Å². The Hall–Kier alpha value is -2.87. The summed E-state index contributed by atoms with van der Waals surface area (Å²) in [6.07, 6.45) is 6.98. The summed E-state index contributed by atoms with van der Waals surface area (Å²) in [5.41, 5.74) is 0.908. The highest BCUT2D eigenvalue weighted by Gasteiger charge is 2.20. The van der Waals surface area contributed by atoms with Gasteiger partial charge in [-0.3, -0.25) is 9.88 Å². The molecule has 0 aromatic carbocycles. The normalized spacial score (nSPS) is 15.6. The molecule has 0 radical (unpaired) electrons. The molecule has 1 aliphatic rings. The molecule has 1 fully saturated rings. The first-order valence-electron chi connectivity index (χ1n) is 7.86. The fourth-order valence-corrected chi connectivity index (χ4v) is 2.69. The third-order valence-corrected chi connectivity index (χ3v) is 3.97. The van der Waals surface area contributed by atoms with Gasteiger partial charge in [-0.05, 0) is 18.2 Å². The second-order valence-corrected chi connectivity index (χ2v) is 5.56. The molecule has 3 aromatic heterocycles. The summed E-state index contributed by atoms with van der Waals surface area (Å²) in [4.78, 5) is 21.5. The Morgan fingerprint density at radius 2 is 1.71 bits per heavy atom. The maximum absolute atomic E-state index is 5.37. The van der Waals surface area contributed by atoms with E-state index in [1.54, 1.807) is 24.8 Å². The van der Waals surface area contributed by atoms with Crippen molar-refractivity contribution in [2.24, 2.45) is 0 Å². The summed E-state index contributed by atoms with van der Waals surface area (Å²) >= 11 is 0. The van der Waals surface area contributed by atoms with Crippen LogP contribution in [-0.4, -0.2) is 56.2 Å². The van der Waals surface area contributed by atoms with Gasteiger partial charge in [0.05, 0.1) is 6.54 Å². The summed E-state index contributed by atoms with van der Waals surface area (Å²) < 4.78 is 5.37. The average Bonchev–Trinajstić information content (AvgIpc) is 3.12. The van der Waals surface area contributed by atoms with Gasteiger partial charge in [0.2, 0.25) is 17.7 Å². The number of piperazine rings is 1. The predicted molar refractivity (Wildman–Crippen MR) is 87.1 cm³/mol. The minimum absolute atomic E-state index is 0.601. The summed E-state index contributed by atoms with van der Waals surface area (Å²) in [5.74, 6) is 2.02. The van der Waals surface area contributed by atoms with E-state index in [-0.39, 0.29) is 0 Å². The second kappa shape index (κ2) is 6.71. The molecule has 4 heterocycles. The summed E-state index contributed by atoms with van der Waals surface area (Å²) in [6, 6.07) is 5.57. The van der Waals surface area contributed by atoms with Crippen molar-refractivity contribution in [2.75, 3.05) is 31.1 Å². The molecule has 1 aliphatic heterocycles. The van der Waals surface area contributed by atoms with E-state index in [1.165, 1.54) is 0 Å². The first kappa shape index (κ1) is 14.7. The Bertz CT molecular complexity index is 769. The lowest BCUT2D eigenvalue weighted by molar-refractivity contribution is 0.214. The molecule has 8 heteroatoms. The van der Waals surface area contributed by atoms with Crippen LogP contribution in [0.3, 0.4) is 0 Å². The highest BCUT2D eigenvalue weighted by atomic mass is 16.5. The second-order valence-electron chi connectivity index (χ2n) is 5.56. The van der Waals surface area contributed by atoms with Gasteiger partial charge in [0.15, 0.2) is 0 Å². The van der Waals surface area contributed by atoms with Crippen LogP contribution < -0.4 is 4.90 Å². The third kappa shape index (κ3) is 3.23. The third-order valence-electron chi connectivity index (χ3n) is 3.97.